The largest absolute Gasteiger partial charge is 0.387 e. The first kappa shape index (κ1) is 17.0. The van der Waals surface area contributed by atoms with Crippen LogP contribution in [0, 0.1) is 5.41 Å². The molecular formula is C19H22N8. The van der Waals surface area contributed by atoms with E-state index in [2.05, 4.69) is 35.4 Å². The van der Waals surface area contributed by atoms with Crippen LogP contribution in [0.1, 0.15) is 19.4 Å². The highest BCUT2D eigenvalue weighted by atomic mass is 15.3. The van der Waals surface area contributed by atoms with Crippen molar-refractivity contribution < 1.29 is 0 Å². The van der Waals surface area contributed by atoms with Crippen LogP contribution in [0.5, 0.6) is 0 Å². The number of allylic oxidation sites excluding steroid dienone is 1. The Bertz CT molecular complexity index is 1110. The Morgan fingerprint density at radius 2 is 2.00 bits per heavy atom. The second kappa shape index (κ2) is 5.80. The number of aromatic nitrogens is 4. The van der Waals surface area contributed by atoms with Crippen LogP contribution >= 0.6 is 0 Å². The molecule has 0 fully saturated rings. The topological polar surface area (TPSA) is 134 Å². The average Bonchev–Trinajstić information content (AvgIpc) is 3.13. The van der Waals surface area contributed by atoms with Gasteiger partial charge in [-0.15, -0.1) is 6.58 Å². The van der Waals surface area contributed by atoms with Gasteiger partial charge in [0.15, 0.2) is 5.65 Å². The minimum Gasteiger partial charge on any atom is -0.387 e. The van der Waals surface area contributed by atoms with E-state index in [1.54, 1.807) is 0 Å². The Kier molecular flexibility index (Phi) is 3.66. The Balaban J connectivity index is 1.94. The lowest BCUT2D eigenvalue weighted by atomic mass is 9.94. The van der Waals surface area contributed by atoms with E-state index in [0.717, 1.165) is 16.8 Å². The molecule has 4 rings (SSSR count). The average molecular weight is 362 g/mol. The van der Waals surface area contributed by atoms with Crippen LogP contribution in [0.15, 0.2) is 35.8 Å². The molecule has 0 bridgehead atoms. The van der Waals surface area contributed by atoms with Crippen LogP contribution in [-0.4, -0.2) is 25.6 Å². The van der Waals surface area contributed by atoms with Crippen molar-refractivity contribution in [3.05, 3.63) is 36.4 Å². The molecule has 138 valence electrons. The van der Waals surface area contributed by atoms with Gasteiger partial charge in [0, 0.05) is 17.4 Å². The van der Waals surface area contributed by atoms with E-state index in [1.165, 1.54) is 0 Å². The lowest BCUT2D eigenvalue weighted by Crippen LogP contribution is -2.18. The highest BCUT2D eigenvalue weighted by molar-refractivity contribution is 6.00. The van der Waals surface area contributed by atoms with Crippen LogP contribution in [0.3, 0.4) is 0 Å². The van der Waals surface area contributed by atoms with Crippen molar-refractivity contribution in [1.29, 1.82) is 0 Å². The van der Waals surface area contributed by atoms with E-state index in [-0.39, 0.29) is 11.4 Å². The maximum absolute atomic E-state index is 6.19. The number of nitrogens with zero attached hydrogens (tertiary/aromatic N) is 5. The molecule has 3 aromatic rings. The number of rotatable bonds is 4. The molecule has 0 atom stereocenters. The maximum Gasteiger partial charge on any atom is 0.224 e. The SMILES string of the molecule is C=CC(C)(C)Cn1nc(-c2ccc3c(c2)N=C(N)C3)c2c(N)nc(N)nc21. The molecule has 8 heteroatoms. The van der Waals surface area contributed by atoms with E-state index in [1.807, 2.05) is 29.0 Å². The van der Waals surface area contributed by atoms with Gasteiger partial charge in [-0.05, 0) is 11.6 Å². The normalized spacial score (nSPS) is 13.6. The zero-order chi connectivity index (χ0) is 19.3. The number of aliphatic imine (C=N–C) groups is 1. The van der Waals surface area contributed by atoms with Crippen LogP contribution in [0.25, 0.3) is 22.3 Å². The van der Waals surface area contributed by atoms with Crippen molar-refractivity contribution in [3.8, 4) is 11.3 Å². The summed E-state index contributed by atoms with van der Waals surface area (Å²) in [6.07, 6.45) is 2.56. The number of nitrogens with two attached hydrogens (primary N) is 3. The number of amidine groups is 1. The third kappa shape index (κ3) is 2.88. The fourth-order valence-corrected chi connectivity index (χ4v) is 3.23. The van der Waals surface area contributed by atoms with E-state index in [9.17, 15) is 0 Å². The van der Waals surface area contributed by atoms with Gasteiger partial charge < -0.3 is 17.2 Å². The lowest BCUT2D eigenvalue weighted by Gasteiger charge is -2.19. The van der Waals surface area contributed by atoms with Crippen molar-refractivity contribution in [1.82, 2.24) is 19.7 Å². The minimum atomic E-state index is -0.179. The van der Waals surface area contributed by atoms with E-state index >= 15 is 0 Å². The first-order chi connectivity index (χ1) is 12.8. The van der Waals surface area contributed by atoms with Gasteiger partial charge in [-0.2, -0.15) is 15.1 Å². The Morgan fingerprint density at radius 1 is 1.22 bits per heavy atom. The van der Waals surface area contributed by atoms with Gasteiger partial charge in [-0.3, -0.25) is 0 Å². The molecule has 0 unspecified atom stereocenters. The van der Waals surface area contributed by atoms with Crippen molar-refractivity contribution in [2.75, 3.05) is 11.5 Å². The monoisotopic (exact) mass is 362 g/mol. The Hall–Kier alpha value is -3.42. The van der Waals surface area contributed by atoms with Crippen LogP contribution in [0.2, 0.25) is 0 Å². The second-order valence-electron chi connectivity index (χ2n) is 7.49. The quantitative estimate of drug-likeness (QED) is 0.610. The first-order valence-corrected chi connectivity index (χ1v) is 8.67. The molecule has 0 aliphatic carbocycles. The Morgan fingerprint density at radius 3 is 2.74 bits per heavy atom. The third-order valence-corrected chi connectivity index (χ3v) is 4.74. The van der Waals surface area contributed by atoms with E-state index < -0.39 is 0 Å². The maximum atomic E-state index is 6.19. The van der Waals surface area contributed by atoms with Crippen LogP contribution in [0.4, 0.5) is 17.5 Å². The van der Waals surface area contributed by atoms with Gasteiger partial charge >= 0.3 is 0 Å². The Labute approximate surface area is 156 Å². The van der Waals surface area contributed by atoms with Crippen molar-refractivity contribution in [2.45, 2.75) is 26.8 Å². The van der Waals surface area contributed by atoms with Gasteiger partial charge in [0.1, 0.15) is 17.3 Å². The van der Waals surface area contributed by atoms with Crippen molar-refractivity contribution in [3.63, 3.8) is 0 Å². The molecule has 0 spiro atoms. The fourth-order valence-electron chi connectivity index (χ4n) is 3.23. The molecule has 0 amide bonds. The van der Waals surface area contributed by atoms with Crippen LogP contribution < -0.4 is 17.2 Å². The summed E-state index contributed by atoms with van der Waals surface area (Å²) >= 11 is 0. The molecule has 0 saturated heterocycles. The van der Waals surface area contributed by atoms with Crippen LogP contribution in [-0.2, 0) is 13.0 Å². The summed E-state index contributed by atoms with van der Waals surface area (Å²) in [7, 11) is 0. The smallest absolute Gasteiger partial charge is 0.224 e. The van der Waals surface area contributed by atoms with Gasteiger partial charge in [-0.1, -0.05) is 32.1 Å². The lowest BCUT2D eigenvalue weighted by molar-refractivity contribution is 0.381. The summed E-state index contributed by atoms with van der Waals surface area (Å²) < 4.78 is 1.81. The standard InChI is InChI=1S/C19H22N8/c1-4-19(2,3)9-27-17-14(16(21)24-18(22)25-17)15(26-27)11-6-5-10-8-13(20)23-12(10)7-11/h4-7H,1,8-9H2,2-3H3,(H2,20,23)(H4,21,22,24,25). The molecule has 2 aromatic heterocycles. The highest BCUT2D eigenvalue weighted by Gasteiger charge is 2.23. The number of fused-ring (bicyclic) bond motifs is 2. The number of anilines is 2. The zero-order valence-corrected chi connectivity index (χ0v) is 15.4. The van der Waals surface area contributed by atoms with Crippen molar-refractivity contribution in [2.24, 2.45) is 16.1 Å². The highest BCUT2D eigenvalue weighted by Crippen LogP contribution is 2.36. The van der Waals surface area contributed by atoms with Gasteiger partial charge in [0.05, 0.1) is 17.6 Å². The molecule has 8 nitrogen and oxygen atoms in total. The molecule has 3 heterocycles. The predicted molar refractivity (Wildman–Crippen MR) is 109 cm³/mol. The summed E-state index contributed by atoms with van der Waals surface area (Å²) in [5.41, 5.74) is 21.8. The minimum absolute atomic E-state index is 0.121. The summed E-state index contributed by atoms with van der Waals surface area (Å²) in [4.78, 5) is 12.9. The van der Waals surface area contributed by atoms with Gasteiger partial charge in [-0.25, -0.2) is 9.67 Å². The van der Waals surface area contributed by atoms with E-state index in [4.69, 9.17) is 22.3 Å². The summed E-state index contributed by atoms with van der Waals surface area (Å²) in [5.74, 6) is 1.04. The number of hydrogen-bond donors (Lipinski definition) is 3. The van der Waals surface area contributed by atoms with E-state index in [0.29, 0.717) is 41.3 Å². The predicted octanol–water partition coefficient (Wildman–Crippen LogP) is 2.41. The summed E-state index contributed by atoms with van der Waals surface area (Å²) in [5, 5.41) is 5.47. The molecular weight excluding hydrogens is 340 g/mol. The van der Waals surface area contributed by atoms with Gasteiger partial charge in [0.25, 0.3) is 0 Å². The van der Waals surface area contributed by atoms with Crippen molar-refractivity contribution >= 4 is 34.3 Å². The second-order valence-corrected chi connectivity index (χ2v) is 7.49. The molecule has 1 aliphatic rings. The summed E-state index contributed by atoms with van der Waals surface area (Å²) in [6, 6.07) is 5.98. The number of nitrogen functional groups attached to an aromatic ring is 2. The first-order valence-electron chi connectivity index (χ1n) is 8.67. The zero-order valence-electron chi connectivity index (χ0n) is 15.4. The molecule has 0 radical (unpaired) electrons. The molecule has 6 N–H and O–H groups in total. The third-order valence-electron chi connectivity index (χ3n) is 4.74. The molecule has 1 aliphatic heterocycles. The molecule has 27 heavy (non-hydrogen) atoms. The van der Waals surface area contributed by atoms with Gasteiger partial charge in [0.2, 0.25) is 5.95 Å². The fraction of sp³-hybridized carbons (Fsp3) is 0.263. The number of hydrogen-bond acceptors (Lipinski definition) is 7. The summed E-state index contributed by atoms with van der Waals surface area (Å²) in [6.45, 7) is 8.64. The molecule has 1 aromatic carbocycles. The number of benzene rings is 1. The molecule has 0 saturated carbocycles.